The van der Waals surface area contributed by atoms with E-state index in [2.05, 4.69) is 5.32 Å². The normalized spacial score (nSPS) is 12.9. The summed E-state index contributed by atoms with van der Waals surface area (Å²) in [7, 11) is -4.47. The predicted molar refractivity (Wildman–Crippen MR) is 147 cm³/mol. The molecule has 1 N–H and O–H groups in total. The van der Waals surface area contributed by atoms with Crippen LogP contribution in [0.5, 0.6) is 0 Å². The number of nitrogens with one attached hydrogen (secondary N) is 1. The second-order valence-corrected chi connectivity index (χ2v) is 12.2. The molecule has 3 aromatic rings. The van der Waals surface area contributed by atoms with Gasteiger partial charge in [0.05, 0.1) is 16.1 Å². The van der Waals surface area contributed by atoms with Gasteiger partial charge < -0.3 is 10.2 Å². The Labute approximate surface area is 232 Å². The van der Waals surface area contributed by atoms with Gasteiger partial charge in [0.15, 0.2) is 0 Å². The van der Waals surface area contributed by atoms with Gasteiger partial charge in [0.2, 0.25) is 11.8 Å². The minimum absolute atomic E-state index is 0.0276. The number of hydrogen-bond donors (Lipinski definition) is 1. The molecule has 0 spiro atoms. The average molecular weight is 576 g/mol. The molecule has 1 unspecified atom stereocenters. The third-order valence-corrected chi connectivity index (χ3v) is 7.72. The molecular formula is C29H32F3N3O4S. The molecule has 3 rings (SSSR count). The van der Waals surface area contributed by atoms with Gasteiger partial charge >= 0.3 is 6.18 Å². The van der Waals surface area contributed by atoms with E-state index in [1.165, 1.54) is 42.2 Å². The lowest BCUT2D eigenvalue weighted by Gasteiger charge is -2.33. The van der Waals surface area contributed by atoms with Gasteiger partial charge in [-0.3, -0.25) is 13.9 Å². The molecule has 0 radical (unpaired) electrons. The number of benzene rings is 3. The van der Waals surface area contributed by atoms with E-state index in [4.69, 9.17) is 0 Å². The van der Waals surface area contributed by atoms with Gasteiger partial charge in [-0.2, -0.15) is 13.2 Å². The van der Waals surface area contributed by atoms with Crippen LogP contribution in [0.1, 0.15) is 38.8 Å². The summed E-state index contributed by atoms with van der Waals surface area (Å²) in [5.74, 6) is -1.23. The smallest absolute Gasteiger partial charge is 0.350 e. The molecule has 0 aliphatic carbocycles. The number of anilines is 1. The lowest BCUT2D eigenvalue weighted by atomic mass is 10.1. The molecule has 0 heterocycles. The molecule has 0 saturated carbocycles. The summed E-state index contributed by atoms with van der Waals surface area (Å²) in [6, 6.07) is 18.7. The number of hydrogen-bond acceptors (Lipinski definition) is 4. The highest BCUT2D eigenvalue weighted by Crippen LogP contribution is 2.33. The van der Waals surface area contributed by atoms with Crippen molar-refractivity contribution in [1.82, 2.24) is 10.2 Å². The van der Waals surface area contributed by atoms with Gasteiger partial charge in [-0.25, -0.2) is 8.42 Å². The van der Waals surface area contributed by atoms with Crippen molar-refractivity contribution in [3.63, 3.8) is 0 Å². The molecular weight excluding hydrogens is 543 g/mol. The highest BCUT2D eigenvalue weighted by atomic mass is 32.2. The SMILES string of the molecule is CC(C(=O)NC(C)(C)C)N(Cc1ccccc1)C(=O)CN(c1cccc(C(F)(F)F)c1)S(=O)(=O)c1ccccc1. The minimum atomic E-state index is -4.74. The summed E-state index contributed by atoms with van der Waals surface area (Å²) in [6.45, 7) is 6.00. The first-order valence-electron chi connectivity index (χ1n) is 12.5. The first-order valence-corrected chi connectivity index (χ1v) is 13.9. The maximum absolute atomic E-state index is 13.8. The first-order chi connectivity index (χ1) is 18.6. The van der Waals surface area contributed by atoms with Crippen molar-refractivity contribution < 1.29 is 31.2 Å². The highest BCUT2D eigenvalue weighted by molar-refractivity contribution is 7.92. The van der Waals surface area contributed by atoms with E-state index in [0.29, 0.717) is 15.9 Å². The highest BCUT2D eigenvalue weighted by Gasteiger charge is 2.35. The monoisotopic (exact) mass is 575 g/mol. The molecule has 7 nitrogen and oxygen atoms in total. The van der Waals surface area contributed by atoms with E-state index < -0.39 is 51.7 Å². The Bertz CT molecular complexity index is 1420. The quantitative estimate of drug-likeness (QED) is 0.379. The molecule has 1 atom stereocenters. The average Bonchev–Trinajstić information content (AvgIpc) is 2.89. The molecule has 3 aromatic carbocycles. The van der Waals surface area contributed by atoms with E-state index >= 15 is 0 Å². The standard InChI is InChI=1S/C29H32F3N3O4S/c1-21(27(37)33-28(2,3)4)34(19-22-12-7-5-8-13-22)26(36)20-35(40(38,39)25-16-9-6-10-17-25)24-15-11-14-23(18-24)29(30,31)32/h5-18,21H,19-20H2,1-4H3,(H,33,37). The number of nitrogens with zero attached hydrogens (tertiary/aromatic N) is 2. The number of halogens is 3. The van der Waals surface area contributed by atoms with E-state index in [-0.39, 0.29) is 17.1 Å². The van der Waals surface area contributed by atoms with Gasteiger partial charge in [0, 0.05) is 12.1 Å². The molecule has 0 aliphatic rings. The maximum Gasteiger partial charge on any atom is 0.416 e. The van der Waals surface area contributed by atoms with Crippen molar-refractivity contribution >= 4 is 27.5 Å². The van der Waals surface area contributed by atoms with Crippen LogP contribution in [0.25, 0.3) is 0 Å². The fourth-order valence-corrected chi connectivity index (χ4v) is 5.35. The molecule has 2 amide bonds. The van der Waals surface area contributed by atoms with Crippen LogP contribution in [0.15, 0.2) is 89.8 Å². The van der Waals surface area contributed by atoms with Crippen LogP contribution in [0, 0.1) is 0 Å². The predicted octanol–water partition coefficient (Wildman–Crippen LogP) is 5.23. The van der Waals surface area contributed by atoms with Crippen LogP contribution in [-0.2, 0) is 32.3 Å². The summed E-state index contributed by atoms with van der Waals surface area (Å²) >= 11 is 0. The lowest BCUT2D eigenvalue weighted by molar-refractivity contribution is -0.140. The van der Waals surface area contributed by atoms with Crippen LogP contribution in [0.3, 0.4) is 0 Å². The zero-order chi connectivity index (χ0) is 29.7. The molecule has 0 fully saturated rings. The van der Waals surface area contributed by atoms with Crippen molar-refractivity contribution in [2.75, 3.05) is 10.8 Å². The summed E-state index contributed by atoms with van der Waals surface area (Å²) in [5, 5.41) is 2.82. The van der Waals surface area contributed by atoms with Crippen LogP contribution < -0.4 is 9.62 Å². The molecule has 40 heavy (non-hydrogen) atoms. The van der Waals surface area contributed by atoms with Crippen molar-refractivity contribution in [2.45, 2.75) is 56.9 Å². The third kappa shape index (κ3) is 7.84. The number of alkyl halides is 3. The van der Waals surface area contributed by atoms with E-state index in [1.54, 1.807) is 57.2 Å². The zero-order valence-corrected chi connectivity index (χ0v) is 23.5. The Morgan fingerprint density at radius 1 is 0.875 bits per heavy atom. The van der Waals surface area contributed by atoms with Crippen LogP contribution in [0.2, 0.25) is 0 Å². The van der Waals surface area contributed by atoms with Crippen LogP contribution >= 0.6 is 0 Å². The first kappa shape index (κ1) is 30.7. The minimum Gasteiger partial charge on any atom is -0.350 e. The topological polar surface area (TPSA) is 86.8 Å². The Morgan fingerprint density at radius 2 is 1.45 bits per heavy atom. The molecule has 0 aromatic heterocycles. The fraction of sp³-hybridized carbons (Fsp3) is 0.310. The molecule has 0 bridgehead atoms. The molecule has 0 saturated heterocycles. The summed E-state index contributed by atoms with van der Waals surface area (Å²) in [4.78, 5) is 27.9. The van der Waals surface area contributed by atoms with E-state index in [9.17, 15) is 31.2 Å². The number of carbonyl (C=O) groups is 2. The van der Waals surface area contributed by atoms with Crippen molar-refractivity contribution in [1.29, 1.82) is 0 Å². The second kappa shape index (κ2) is 12.1. The van der Waals surface area contributed by atoms with Gasteiger partial charge in [-0.1, -0.05) is 54.6 Å². The number of carbonyl (C=O) groups excluding carboxylic acids is 2. The largest absolute Gasteiger partial charge is 0.416 e. The molecule has 214 valence electrons. The van der Waals surface area contributed by atoms with Gasteiger partial charge in [0.25, 0.3) is 10.0 Å². The van der Waals surface area contributed by atoms with Crippen molar-refractivity contribution in [3.8, 4) is 0 Å². The van der Waals surface area contributed by atoms with E-state index in [0.717, 1.165) is 12.1 Å². The molecule has 0 aliphatic heterocycles. The van der Waals surface area contributed by atoms with Gasteiger partial charge in [-0.05, 0) is 63.6 Å². The Hall–Kier alpha value is -3.86. The summed E-state index contributed by atoms with van der Waals surface area (Å²) in [5.41, 5.74) is -1.32. The summed E-state index contributed by atoms with van der Waals surface area (Å²) in [6.07, 6.45) is -4.74. The lowest BCUT2D eigenvalue weighted by Crippen LogP contribution is -2.54. The van der Waals surface area contributed by atoms with Crippen molar-refractivity contribution in [2.24, 2.45) is 0 Å². The summed E-state index contributed by atoms with van der Waals surface area (Å²) < 4.78 is 68.6. The second-order valence-electron chi connectivity index (χ2n) is 10.3. The Morgan fingerprint density at radius 3 is 2.00 bits per heavy atom. The third-order valence-electron chi connectivity index (χ3n) is 5.93. The van der Waals surface area contributed by atoms with Crippen LogP contribution in [-0.4, -0.2) is 43.3 Å². The Kier molecular flexibility index (Phi) is 9.29. The fourth-order valence-electron chi connectivity index (χ4n) is 3.92. The van der Waals surface area contributed by atoms with E-state index in [1.807, 2.05) is 0 Å². The number of sulfonamides is 1. The number of rotatable bonds is 9. The van der Waals surface area contributed by atoms with Crippen LogP contribution in [0.4, 0.5) is 18.9 Å². The molecule has 11 heteroatoms. The van der Waals surface area contributed by atoms with Gasteiger partial charge in [0.1, 0.15) is 12.6 Å². The van der Waals surface area contributed by atoms with Gasteiger partial charge in [-0.15, -0.1) is 0 Å². The number of amides is 2. The maximum atomic E-state index is 13.8. The zero-order valence-electron chi connectivity index (χ0n) is 22.6. The Balaban J connectivity index is 2.07. The van der Waals surface area contributed by atoms with Crippen molar-refractivity contribution in [3.05, 3.63) is 96.1 Å².